The largest absolute Gasteiger partial charge is 0.446 e. The quantitative estimate of drug-likeness (QED) is 0.328. The summed E-state index contributed by atoms with van der Waals surface area (Å²) in [7, 11) is 3.60. The summed E-state index contributed by atoms with van der Waals surface area (Å²) in [5.41, 5.74) is 8.17. The molecule has 3 N–H and O–H groups in total. The fourth-order valence-electron chi connectivity index (χ4n) is 0.517. The van der Waals surface area contributed by atoms with Gasteiger partial charge in [0.2, 0.25) is 0 Å². The number of hydrazine groups is 1. The van der Waals surface area contributed by atoms with E-state index in [9.17, 15) is 4.79 Å². The van der Waals surface area contributed by atoms with Gasteiger partial charge in [0.1, 0.15) is 6.54 Å². The molecule has 0 aromatic carbocycles. The van der Waals surface area contributed by atoms with Crippen LogP contribution in [0.3, 0.4) is 0 Å². The minimum atomic E-state index is -0.485. The highest BCUT2D eigenvalue weighted by Crippen LogP contribution is 1.88. The molecule has 0 aliphatic rings. The lowest BCUT2D eigenvalue weighted by Crippen LogP contribution is -2.38. The number of carbonyl (C=O) groups is 1. The molecule has 5 nitrogen and oxygen atoms in total. The maximum atomic E-state index is 10.9. The van der Waals surface area contributed by atoms with E-state index in [0.29, 0.717) is 6.42 Å². The molecule has 72 valence electrons. The van der Waals surface area contributed by atoms with E-state index in [0.717, 1.165) is 0 Å². The number of nitrogens with one attached hydrogen (secondary N) is 1. The number of ether oxygens (including phenoxy) is 1. The van der Waals surface area contributed by atoms with Crippen LogP contribution in [-0.2, 0) is 9.53 Å². The number of hydrogen-bond acceptors (Lipinski definition) is 5. The van der Waals surface area contributed by atoms with E-state index in [1.54, 1.807) is 19.1 Å². The van der Waals surface area contributed by atoms with Gasteiger partial charge >= 0.3 is 5.97 Å². The molecule has 0 saturated carbocycles. The molecule has 0 bridgehead atoms. The Kier molecular flexibility index (Phi) is 5.61. The summed E-state index contributed by atoms with van der Waals surface area (Å²) >= 11 is 0. The first-order chi connectivity index (χ1) is 5.56. The van der Waals surface area contributed by atoms with Crippen LogP contribution < -0.4 is 11.2 Å². The second-order valence-electron chi connectivity index (χ2n) is 2.67. The Hall–Kier alpha value is -0.650. The summed E-state index contributed by atoms with van der Waals surface area (Å²) in [6.07, 6.45) is 0.148. The smallest absolute Gasteiger partial charge is 0.322 e. The Morgan fingerprint density at radius 2 is 2.25 bits per heavy atom. The van der Waals surface area contributed by atoms with Crippen LogP contribution >= 0.6 is 0 Å². The number of rotatable bonds is 5. The molecule has 0 amide bonds. The Bertz CT molecular complexity index is 139. The molecule has 1 atom stereocenters. The first kappa shape index (κ1) is 11.4. The van der Waals surface area contributed by atoms with E-state index >= 15 is 0 Å². The van der Waals surface area contributed by atoms with Crippen molar-refractivity contribution in [3.05, 3.63) is 0 Å². The van der Waals surface area contributed by atoms with Crippen molar-refractivity contribution < 1.29 is 9.53 Å². The first-order valence-corrected chi connectivity index (χ1v) is 3.92. The van der Waals surface area contributed by atoms with Crippen molar-refractivity contribution in [1.29, 1.82) is 0 Å². The third kappa shape index (κ3) is 6.09. The van der Waals surface area contributed by atoms with Crippen LogP contribution in [0.15, 0.2) is 0 Å². The number of nitrogens with zero attached hydrogens (tertiary/aromatic N) is 1. The third-order valence-corrected chi connectivity index (χ3v) is 1.22. The van der Waals surface area contributed by atoms with E-state index in [4.69, 9.17) is 10.5 Å². The molecule has 0 aliphatic heterocycles. The van der Waals surface area contributed by atoms with Gasteiger partial charge in [-0.1, -0.05) is 6.92 Å². The summed E-state index contributed by atoms with van der Waals surface area (Å²) in [4.78, 5) is 10.9. The van der Waals surface area contributed by atoms with Gasteiger partial charge < -0.3 is 4.74 Å². The van der Waals surface area contributed by atoms with Gasteiger partial charge in [-0.15, -0.1) is 0 Å². The first-order valence-electron chi connectivity index (χ1n) is 3.92. The summed E-state index contributed by atoms with van der Waals surface area (Å²) < 4.78 is 4.80. The number of hydrogen-bond donors (Lipinski definition) is 2. The monoisotopic (exact) mass is 175 g/mol. The lowest BCUT2D eigenvalue weighted by molar-refractivity contribution is -0.148. The minimum Gasteiger partial charge on any atom is -0.446 e. The fourth-order valence-corrected chi connectivity index (χ4v) is 0.517. The van der Waals surface area contributed by atoms with Gasteiger partial charge in [-0.25, -0.2) is 5.43 Å². The standard InChI is InChI=1S/C7H17N3O2/c1-4-6(8)12-7(11)5-9-10(2)3/h6,9H,4-5,8H2,1-3H3. The molecule has 0 radical (unpaired) electrons. The van der Waals surface area contributed by atoms with Crippen molar-refractivity contribution in [3.63, 3.8) is 0 Å². The van der Waals surface area contributed by atoms with Crippen LogP contribution in [0.4, 0.5) is 0 Å². The van der Waals surface area contributed by atoms with Crippen molar-refractivity contribution >= 4 is 5.97 Å². The van der Waals surface area contributed by atoms with Crippen LogP contribution in [0.5, 0.6) is 0 Å². The van der Waals surface area contributed by atoms with Crippen molar-refractivity contribution in [3.8, 4) is 0 Å². The topological polar surface area (TPSA) is 67.6 Å². The molecule has 0 aromatic rings. The number of esters is 1. The SMILES string of the molecule is CCC(N)OC(=O)CNN(C)C. The molecule has 0 heterocycles. The molecule has 0 saturated heterocycles. The van der Waals surface area contributed by atoms with Crippen LogP contribution in [0, 0.1) is 0 Å². The molecule has 0 fully saturated rings. The highest BCUT2D eigenvalue weighted by Gasteiger charge is 2.06. The van der Waals surface area contributed by atoms with E-state index in [2.05, 4.69) is 5.43 Å². The Morgan fingerprint density at radius 3 is 2.67 bits per heavy atom. The van der Waals surface area contributed by atoms with Crippen LogP contribution in [0.2, 0.25) is 0 Å². The molecule has 5 heteroatoms. The Labute approximate surface area is 72.8 Å². The van der Waals surface area contributed by atoms with Gasteiger partial charge in [-0.2, -0.15) is 0 Å². The normalized spacial score (nSPS) is 13.1. The fraction of sp³-hybridized carbons (Fsp3) is 0.857. The van der Waals surface area contributed by atoms with Crippen molar-refractivity contribution in [2.45, 2.75) is 19.6 Å². The van der Waals surface area contributed by atoms with Gasteiger partial charge in [0.15, 0.2) is 6.23 Å². The zero-order valence-electron chi connectivity index (χ0n) is 7.83. The van der Waals surface area contributed by atoms with E-state index in [1.165, 1.54) is 0 Å². The van der Waals surface area contributed by atoms with Crippen LogP contribution in [0.25, 0.3) is 0 Å². The average molecular weight is 175 g/mol. The molecule has 0 aliphatic carbocycles. The summed E-state index contributed by atoms with van der Waals surface area (Å²) in [6, 6.07) is 0. The summed E-state index contributed by atoms with van der Waals surface area (Å²) in [5, 5.41) is 1.68. The summed E-state index contributed by atoms with van der Waals surface area (Å²) in [6.45, 7) is 2.01. The van der Waals surface area contributed by atoms with Gasteiger partial charge in [0, 0.05) is 14.1 Å². The lowest BCUT2D eigenvalue weighted by atomic mass is 10.4. The Balaban J connectivity index is 3.46. The van der Waals surface area contributed by atoms with E-state index < -0.39 is 6.23 Å². The predicted molar refractivity (Wildman–Crippen MR) is 46.0 cm³/mol. The van der Waals surface area contributed by atoms with Crippen molar-refractivity contribution in [1.82, 2.24) is 10.4 Å². The zero-order chi connectivity index (χ0) is 9.56. The van der Waals surface area contributed by atoms with Crippen LogP contribution in [0.1, 0.15) is 13.3 Å². The van der Waals surface area contributed by atoms with E-state index in [1.807, 2.05) is 6.92 Å². The average Bonchev–Trinajstić information content (AvgIpc) is 2.00. The van der Waals surface area contributed by atoms with Gasteiger partial charge in [-0.05, 0) is 6.42 Å². The number of nitrogens with two attached hydrogens (primary N) is 1. The Morgan fingerprint density at radius 1 is 1.67 bits per heavy atom. The van der Waals surface area contributed by atoms with Gasteiger partial charge in [0.05, 0.1) is 0 Å². The second-order valence-corrected chi connectivity index (χ2v) is 2.67. The summed E-state index contributed by atoms with van der Waals surface area (Å²) in [5.74, 6) is -0.335. The highest BCUT2D eigenvalue weighted by atomic mass is 16.6. The maximum Gasteiger partial charge on any atom is 0.322 e. The molecule has 1 unspecified atom stereocenters. The molecular formula is C7H17N3O2. The zero-order valence-corrected chi connectivity index (χ0v) is 7.83. The van der Waals surface area contributed by atoms with Crippen molar-refractivity contribution in [2.24, 2.45) is 5.73 Å². The minimum absolute atomic E-state index is 0.153. The van der Waals surface area contributed by atoms with Gasteiger partial charge in [-0.3, -0.25) is 15.5 Å². The van der Waals surface area contributed by atoms with E-state index in [-0.39, 0.29) is 12.5 Å². The highest BCUT2D eigenvalue weighted by molar-refractivity contribution is 5.71. The molecule has 12 heavy (non-hydrogen) atoms. The van der Waals surface area contributed by atoms with Crippen LogP contribution in [-0.4, -0.2) is 37.8 Å². The number of carbonyl (C=O) groups excluding carboxylic acids is 1. The lowest BCUT2D eigenvalue weighted by Gasteiger charge is -2.13. The predicted octanol–water partition coefficient (Wildman–Crippen LogP) is -0.709. The molecule has 0 rings (SSSR count). The maximum absolute atomic E-state index is 10.9. The second kappa shape index (κ2) is 5.93. The van der Waals surface area contributed by atoms with Crippen molar-refractivity contribution in [2.75, 3.05) is 20.6 Å². The molecule has 0 aromatic heterocycles. The third-order valence-electron chi connectivity index (χ3n) is 1.22. The van der Waals surface area contributed by atoms with Gasteiger partial charge in [0.25, 0.3) is 0 Å². The molecular weight excluding hydrogens is 158 g/mol. The molecule has 0 spiro atoms.